The van der Waals surface area contributed by atoms with Crippen molar-refractivity contribution in [2.45, 2.75) is 0 Å². The summed E-state index contributed by atoms with van der Waals surface area (Å²) in [5.74, 6) is -0.242. The zero-order valence-corrected chi connectivity index (χ0v) is 9.33. The van der Waals surface area contributed by atoms with Crippen LogP contribution in [0.5, 0.6) is 11.9 Å². The largest absolute Gasteiger partial charge is 0.397 e. The van der Waals surface area contributed by atoms with E-state index in [-0.39, 0.29) is 22.7 Å². The van der Waals surface area contributed by atoms with Crippen molar-refractivity contribution in [1.82, 2.24) is 19.7 Å². The Morgan fingerprint density at radius 2 is 2.29 bits per heavy atom. The molecule has 2 heterocycles. The van der Waals surface area contributed by atoms with Crippen LogP contribution < -0.4 is 4.74 Å². The van der Waals surface area contributed by atoms with Gasteiger partial charge in [-0.1, -0.05) is 11.6 Å². The van der Waals surface area contributed by atoms with E-state index >= 15 is 0 Å². The van der Waals surface area contributed by atoms with Crippen molar-refractivity contribution in [3.8, 4) is 11.9 Å². The van der Waals surface area contributed by atoms with Crippen LogP contribution in [-0.2, 0) is 7.05 Å². The highest BCUT2D eigenvalue weighted by Crippen LogP contribution is 2.28. The summed E-state index contributed by atoms with van der Waals surface area (Å²) in [6, 6.07) is 2.47. The minimum Gasteiger partial charge on any atom is -0.397 e. The topological polar surface area (TPSA) is 96.0 Å². The molecule has 0 aromatic carbocycles. The highest BCUT2D eigenvalue weighted by molar-refractivity contribution is 6.29. The molecule has 0 amide bonds. The number of halogens is 1. The van der Waals surface area contributed by atoms with Gasteiger partial charge in [0.15, 0.2) is 0 Å². The Balaban J connectivity index is 2.37. The molecule has 9 heteroatoms. The van der Waals surface area contributed by atoms with Gasteiger partial charge in [-0.05, 0) is 6.07 Å². The van der Waals surface area contributed by atoms with Crippen molar-refractivity contribution in [3.05, 3.63) is 33.7 Å². The summed E-state index contributed by atoms with van der Waals surface area (Å²) in [7, 11) is 1.64. The average molecular weight is 256 g/mol. The minimum atomic E-state index is -0.623. The smallest absolute Gasteiger partial charge is 0.342 e. The molecule has 88 valence electrons. The minimum absolute atomic E-state index is 0.0367. The monoisotopic (exact) mass is 255 g/mol. The van der Waals surface area contributed by atoms with Gasteiger partial charge in [-0.3, -0.25) is 14.8 Å². The van der Waals surface area contributed by atoms with Crippen LogP contribution in [0.2, 0.25) is 5.15 Å². The summed E-state index contributed by atoms with van der Waals surface area (Å²) in [5, 5.41) is 14.6. The third kappa shape index (κ3) is 2.48. The van der Waals surface area contributed by atoms with Gasteiger partial charge in [-0.25, -0.2) is 0 Å². The maximum absolute atomic E-state index is 10.7. The third-order valence-corrected chi connectivity index (χ3v) is 1.98. The van der Waals surface area contributed by atoms with Crippen LogP contribution >= 0.6 is 11.6 Å². The molecule has 2 aromatic heterocycles. The average Bonchev–Trinajstić information content (AvgIpc) is 2.63. The summed E-state index contributed by atoms with van der Waals surface area (Å²) >= 11 is 5.63. The third-order valence-electron chi connectivity index (χ3n) is 1.77. The maximum Gasteiger partial charge on any atom is 0.342 e. The lowest BCUT2D eigenvalue weighted by Crippen LogP contribution is -1.97. The number of rotatable bonds is 3. The second-order valence-electron chi connectivity index (χ2n) is 3.02. The number of ether oxygens (including phenoxy) is 1. The molecule has 0 spiro atoms. The van der Waals surface area contributed by atoms with E-state index in [1.54, 1.807) is 7.05 Å². The van der Waals surface area contributed by atoms with Crippen molar-refractivity contribution in [3.63, 3.8) is 0 Å². The molecule has 0 N–H and O–H groups in total. The molecular weight excluding hydrogens is 250 g/mol. The summed E-state index contributed by atoms with van der Waals surface area (Å²) in [6.45, 7) is 0. The van der Waals surface area contributed by atoms with Gasteiger partial charge in [0.25, 0.3) is 0 Å². The molecule has 0 aliphatic carbocycles. The fourth-order valence-corrected chi connectivity index (χ4v) is 1.22. The molecule has 0 aliphatic rings. The molecule has 2 aromatic rings. The lowest BCUT2D eigenvalue weighted by atomic mass is 10.4. The van der Waals surface area contributed by atoms with E-state index in [1.807, 2.05) is 0 Å². The lowest BCUT2D eigenvalue weighted by molar-refractivity contribution is -0.386. The van der Waals surface area contributed by atoms with Crippen LogP contribution in [0.4, 0.5) is 5.69 Å². The number of aromatic nitrogens is 4. The van der Waals surface area contributed by atoms with Gasteiger partial charge in [0, 0.05) is 13.1 Å². The van der Waals surface area contributed by atoms with Gasteiger partial charge >= 0.3 is 17.6 Å². The number of hydrogen-bond acceptors (Lipinski definition) is 6. The molecule has 0 aliphatic heterocycles. The molecule has 0 bridgehead atoms. The molecule has 17 heavy (non-hydrogen) atoms. The second-order valence-corrected chi connectivity index (χ2v) is 3.41. The van der Waals surface area contributed by atoms with E-state index in [2.05, 4.69) is 15.1 Å². The Kier molecular flexibility index (Phi) is 2.88. The van der Waals surface area contributed by atoms with Crippen LogP contribution in [0.15, 0.2) is 18.5 Å². The Hall–Kier alpha value is -2.22. The number of aryl methyl sites for hydroxylation is 1. The Labute approximate surface area is 100.0 Å². The van der Waals surface area contributed by atoms with E-state index in [1.165, 1.54) is 23.1 Å². The quantitative estimate of drug-likeness (QED) is 0.469. The predicted molar refractivity (Wildman–Crippen MR) is 57.0 cm³/mol. The van der Waals surface area contributed by atoms with Crippen molar-refractivity contribution in [2.75, 3.05) is 0 Å². The lowest BCUT2D eigenvalue weighted by Gasteiger charge is -2.01. The highest BCUT2D eigenvalue weighted by atomic mass is 35.5. The van der Waals surface area contributed by atoms with Crippen molar-refractivity contribution >= 4 is 17.3 Å². The van der Waals surface area contributed by atoms with Crippen molar-refractivity contribution in [1.29, 1.82) is 0 Å². The van der Waals surface area contributed by atoms with Crippen LogP contribution in [0, 0.1) is 10.1 Å². The summed E-state index contributed by atoms with van der Waals surface area (Å²) in [5.41, 5.74) is -0.304. The maximum atomic E-state index is 10.7. The zero-order chi connectivity index (χ0) is 12.4. The molecule has 8 nitrogen and oxygen atoms in total. The van der Waals surface area contributed by atoms with Crippen molar-refractivity contribution < 1.29 is 9.66 Å². The van der Waals surface area contributed by atoms with E-state index in [4.69, 9.17) is 16.3 Å². The molecule has 2 rings (SSSR count). The van der Waals surface area contributed by atoms with Crippen LogP contribution in [-0.4, -0.2) is 24.7 Å². The summed E-state index contributed by atoms with van der Waals surface area (Å²) in [4.78, 5) is 17.6. The van der Waals surface area contributed by atoms with Gasteiger partial charge in [-0.2, -0.15) is 9.97 Å². The first-order chi connectivity index (χ1) is 8.06. The number of nitrogens with zero attached hydrogens (tertiary/aromatic N) is 5. The first-order valence-electron chi connectivity index (χ1n) is 4.40. The van der Waals surface area contributed by atoms with Gasteiger partial charge in [0.1, 0.15) is 11.5 Å². The molecular formula is C8H6ClN5O3. The fraction of sp³-hybridized carbons (Fsp3) is 0.125. The Bertz CT molecular complexity index is 570. The van der Waals surface area contributed by atoms with E-state index in [9.17, 15) is 10.1 Å². The normalized spacial score (nSPS) is 10.2. The van der Waals surface area contributed by atoms with E-state index in [0.717, 1.165) is 0 Å². The standard InChI is InChI=1S/C8H6ClN5O3/c1-13-4-10-8(12-13)17-7-5(14(15)16)2-3-6(9)11-7/h2-4H,1H3. The van der Waals surface area contributed by atoms with Gasteiger partial charge in [-0.15, -0.1) is 5.10 Å². The van der Waals surface area contributed by atoms with Crippen LogP contribution in [0.3, 0.4) is 0 Å². The zero-order valence-electron chi connectivity index (χ0n) is 8.57. The summed E-state index contributed by atoms with van der Waals surface area (Å²) in [6.07, 6.45) is 1.39. The van der Waals surface area contributed by atoms with Crippen LogP contribution in [0.25, 0.3) is 0 Å². The molecule has 0 saturated carbocycles. The number of hydrogen-bond donors (Lipinski definition) is 0. The van der Waals surface area contributed by atoms with Crippen LogP contribution in [0.1, 0.15) is 0 Å². The number of pyridine rings is 1. The predicted octanol–water partition coefficient (Wildman–Crippen LogP) is 1.56. The molecule has 0 saturated heterocycles. The summed E-state index contributed by atoms with van der Waals surface area (Å²) < 4.78 is 6.49. The molecule has 0 radical (unpaired) electrons. The first-order valence-corrected chi connectivity index (χ1v) is 4.78. The molecule has 0 fully saturated rings. The SMILES string of the molecule is Cn1cnc(Oc2nc(Cl)ccc2[N+](=O)[O-])n1. The van der Waals surface area contributed by atoms with Gasteiger partial charge in [0.2, 0.25) is 0 Å². The van der Waals surface area contributed by atoms with Crippen molar-refractivity contribution in [2.24, 2.45) is 7.05 Å². The van der Waals surface area contributed by atoms with E-state index < -0.39 is 4.92 Å². The first kappa shape index (κ1) is 11.3. The Morgan fingerprint density at radius 3 is 2.88 bits per heavy atom. The van der Waals surface area contributed by atoms with Gasteiger partial charge in [0.05, 0.1) is 4.92 Å². The Morgan fingerprint density at radius 1 is 1.53 bits per heavy atom. The fourth-order valence-electron chi connectivity index (χ4n) is 1.08. The van der Waals surface area contributed by atoms with Gasteiger partial charge < -0.3 is 4.74 Å². The van der Waals surface area contributed by atoms with E-state index in [0.29, 0.717) is 0 Å². The second kappa shape index (κ2) is 4.34. The number of nitro groups is 1. The molecule has 0 atom stereocenters. The molecule has 0 unspecified atom stereocenters. The highest BCUT2D eigenvalue weighted by Gasteiger charge is 2.19.